The largest absolute Gasteiger partial charge is 0.316 e. The van der Waals surface area contributed by atoms with Gasteiger partial charge in [0.15, 0.2) is 0 Å². The zero-order valence-corrected chi connectivity index (χ0v) is 9.93. The van der Waals surface area contributed by atoms with Gasteiger partial charge in [-0.25, -0.2) is 4.39 Å². The molecule has 1 unspecified atom stereocenters. The van der Waals surface area contributed by atoms with Gasteiger partial charge in [0.25, 0.3) is 0 Å². The van der Waals surface area contributed by atoms with Gasteiger partial charge >= 0.3 is 0 Å². The van der Waals surface area contributed by atoms with Gasteiger partial charge in [-0.2, -0.15) is 0 Å². The zero-order valence-electron chi connectivity index (χ0n) is 9.93. The van der Waals surface area contributed by atoms with Crippen LogP contribution in [0.15, 0.2) is 18.2 Å². The first-order valence-corrected chi connectivity index (χ1v) is 6.21. The third-order valence-corrected chi connectivity index (χ3v) is 3.53. The van der Waals surface area contributed by atoms with Crippen molar-refractivity contribution in [2.24, 2.45) is 5.92 Å². The van der Waals surface area contributed by atoms with Crippen molar-refractivity contribution in [2.75, 3.05) is 13.1 Å². The van der Waals surface area contributed by atoms with E-state index < -0.39 is 0 Å². The minimum atomic E-state index is -0.109. The number of hydrogen-bond acceptors (Lipinski definition) is 1. The van der Waals surface area contributed by atoms with Crippen LogP contribution in [0.25, 0.3) is 0 Å². The minimum absolute atomic E-state index is 0.109. The van der Waals surface area contributed by atoms with E-state index in [9.17, 15) is 4.39 Å². The second kappa shape index (κ2) is 5.44. The average Bonchev–Trinajstić information content (AvgIpc) is 2.32. The smallest absolute Gasteiger partial charge is 0.123 e. The molecular formula is C14H20FN. The van der Waals surface area contributed by atoms with Gasteiger partial charge in [0.05, 0.1) is 0 Å². The van der Waals surface area contributed by atoms with E-state index in [0.717, 1.165) is 25.4 Å². The van der Waals surface area contributed by atoms with E-state index in [4.69, 9.17) is 0 Å². The van der Waals surface area contributed by atoms with Crippen molar-refractivity contribution in [3.8, 4) is 0 Å². The molecule has 1 heterocycles. The lowest BCUT2D eigenvalue weighted by Gasteiger charge is -2.22. The number of nitrogens with one attached hydrogen (secondary N) is 1. The van der Waals surface area contributed by atoms with Gasteiger partial charge in [-0.3, -0.25) is 0 Å². The fraction of sp³-hybridized carbons (Fsp3) is 0.571. The molecule has 1 aromatic carbocycles. The molecule has 1 N–H and O–H groups in total. The highest BCUT2D eigenvalue weighted by molar-refractivity contribution is 5.26. The summed E-state index contributed by atoms with van der Waals surface area (Å²) in [5.41, 5.74) is 2.38. The third kappa shape index (κ3) is 3.05. The Kier molecular flexibility index (Phi) is 3.94. The molecule has 1 atom stereocenters. The molecule has 2 rings (SSSR count). The Morgan fingerprint density at radius 3 is 3.06 bits per heavy atom. The fourth-order valence-electron chi connectivity index (χ4n) is 2.44. The molecule has 1 aromatic rings. The Morgan fingerprint density at radius 2 is 2.31 bits per heavy atom. The summed E-state index contributed by atoms with van der Waals surface area (Å²) in [7, 11) is 0. The van der Waals surface area contributed by atoms with Crippen LogP contribution < -0.4 is 5.32 Å². The predicted octanol–water partition coefficient (Wildman–Crippen LogP) is 3.07. The second-order valence-electron chi connectivity index (χ2n) is 4.82. The maximum absolute atomic E-state index is 13.1. The van der Waals surface area contributed by atoms with Crippen LogP contribution >= 0.6 is 0 Å². The molecule has 1 aliphatic heterocycles. The van der Waals surface area contributed by atoms with E-state index >= 15 is 0 Å². The average molecular weight is 221 g/mol. The molecule has 16 heavy (non-hydrogen) atoms. The van der Waals surface area contributed by atoms with E-state index in [1.54, 1.807) is 12.1 Å². The second-order valence-corrected chi connectivity index (χ2v) is 4.82. The lowest BCUT2D eigenvalue weighted by molar-refractivity contribution is 0.358. The molecule has 0 saturated carbocycles. The highest BCUT2D eigenvalue weighted by Gasteiger charge is 2.13. The Hall–Kier alpha value is -0.890. The van der Waals surface area contributed by atoms with Crippen LogP contribution in [0.3, 0.4) is 0 Å². The Bertz CT molecular complexity index is 343. The maximum atomic E-state index is 13.1. The zero-order chi connectivity index (χ0) is 11.4. The van der Waals surface area contributed by atoms with Crippen molar-refractivity contribution in [2.45, 2.75) is 32.6 Å². The standard InChI is InChI=1S/C14H20FN/c1-11-4-7-14(15)9-13(11)6-5-12-3-2-8-16-10-12/h4,7,9,12,16H,2-3,5-6,8,10H2,1H3. The van der Waals surface area contributed by atoms with Crippen molar-refractivity contribution >= 4 is 0 Å². The molecule has 1 nitrogen and oxygen atoms in total. The van der Waals surface area contributed by atoms with Crippen LogP contribution in [0.2, 0.25) is 0 Å². The molecule has 88 valence electrons. The number of piperidine rings is 1. The number of halogens is 1. The van der Waals surface area contributed by atoms with Gasteiger partial charge in [0, 0.05) is 0 Å². The summed E-state index contributed by atoms with van der Waals surface area (Å²) in [5, 5.41) is 3.42. The summed E-state index contributed by atoms with van der Waals surface area (Å²) in [6, 6.07) is 5.11. The highest BCUT2D eigenvalue weighted by atomic mass is 19.1. The van der Waals surface area contributed by atoms with E-state index in [0.29, 0.717) is 0 Å². The quantitative estimate of drug-likeness (QED) is 0.827. The van der Waals surface area contributed by atoms with Crippen molar-refractivity contribution in [3.63, 3.8) is 0 Å². The molecule has 0 spiro atoms. The number of hydrogen-bond donors (Lipinski definition) is 1. The number of rotatable bonds is 3. The molecule has 0 aliphatic carbocycles. The van der Waals surface area contributed by atoms with Crippen molar-refractivity contribution in [3.05, 3.63) is 35.1 Å². The predicted molar refractivity (Wildman–Crippen MR) is 65.1 cm³/mol. The topological polar surface area (TPSA) is 12.0 Å². The van der Waals surface area contributed by atoms with Crippen LogP contribution in [-0.2, 0) is 6.42 Å². The molecular weight excluding hydrogens is 201 g/mol. The van der Waals surface area contributed by atoms with Gasteiger partial charge in [0.2, 0.25) is 0 Å². The SMILES string of the molecule is Cc1ccc(F)cc1CCC1CCCNC1. The number of aryl methyl sites for hydroxylation is 2. The van der Waals surface area contributed by atoms with Crippen LogP contribution in [0, 0.1) is 18.7 Å². The normalized spacial score (nSPS) is 21.0. The number of benzene rings is 1. The van der Waals surface area contributed by atoms with Gasteiger partial charge in [-0.05, 0) is 74.9 Å². The van der Waals surface area contributed by atoms with E-state index in [2.05, 4.69) is 12.2 Å². The molecule has 1 saturated heterocycles. The van der Waals surface area contributed by atoms with Gasteiger partial charge in [-0.1, -0.05) is 6.07 Å². The lowest BCUT2D eigenvalue weighted by Crippen LogP contribution is -2.29. The van der Waals surface area contributed by atoms with E-state index in [-0.39, 0.29) is 5.82 Å². The van der Waals surface area contributed by atoms with Crippen LogP contribution in [0.1, 0.15) is 30.4 Å². The monoisotopic (exact) mass is 221 g/mol. The molecule has 0 aromatic heterocycles. The van der Waals surface area contributed by atoms with Gasteiger partial charge in [0.1, 0.15) is 5.82 Å². The van der Waals surface area contributed by atoms with E-state index in [1.807, 2.05) is 6.07 Å². The first-order valence-electron chi connectivity index (χ1n) is 6.21. The van der Waals surface area contributed by atoms with E-state index in [1.165, 1.54) is 30.4 Å². The molecule has 0 amide bonds. The maximum Gasteiger partial charge on any atom is 0.123 e. The summed E-state index contributed by atoms with van der Waals surface area (Å²) >= 11 is 0. The van der Waals surface area contributed by atoms with Crippen LogP contribution in [-0.4, -0.2) is 13.1 Å². The summed E-state index contributed by atoms with van der Waals surface area (Å²) in [5.74, 6) is 0.666. The molecule has 2 heteroatoms. The molecule has 0 bridgehead atoms. The van der Waals surface area contributed by atoms with Crippen molar-refractivity contribution < 1.29 is 4.39 Å². The first kappa shape index (κ1) is 11.6. The summed E-state index contributed by atoms with van der Waals surface area (Å²) in [4.78, 5) is 0. The summed E-state index contributed by atoms with van der Waals surface area (Å²) in [6.45, 7) is 4.36. The summed E-state index contributed by atoms with van der Waals surface area (Å²) < 4.78 is 13.1. The molecule has 1 aliphatic rings. The Balaban J connectivity index is 1.90. The first-order chi connectivity index (χ1) is 7.75. The van der Waals surface area contributed by atoms with Gasteiger partial charge in [-0.15, -0.1) is 0 Å². The third-order valence-electron chi connectivity index (χ3n) is 3.53. The minimum Gasteiger partial charge on any atom is -0.316 e. The molecule has 0 radical (unpaired) electrons. The van der Waals surface area contributed by atoms with Crippen LogP contribution in [0.5, 0.6) is 0 Å². The molecule has 1 fully saturated rings. The Labute approximate surface area is 97.1 Å². The Morgan fingerprint density at radius 1 is 1.44 bits per heavy atom. The summed E-state index contributed by atoms with van der Waals surface area (Å²) in [6.07, 6.45) is 4.79. The van der Waals surface area contributed by atoms with Crippen molar-refractivity contribution in [1.82, 2.24) is 5.32 Å². The van der Waals surface area contributed by atoms with Crippen LogP contribution in [0.4, 0.5) is 4.39 Å². The van der Waals surface area contributed by atoms with Gasteiger partial charge < -0.3 is 5.32 Å². The highest BCUT2D eigenvalue weighted by Crippen LogP contribution is 2.19. The van der Waals surface area contributed by atoms with Crippen molar-refractivity contribution in [1.29, 1.82) is 0 Å². The lowest BCUT2D eigenvalue weighted by atomic mass is 9.91. The fourth-order valence-corrected chi connectivity index (χ4v) is 2.44.